The highest BCUT2D eigenvalue weighted by atomic mass is 32.2. The molecule has 2 aliphatic rings. The number of amides is 2. The fourth-order valence-electron chi connectivity index (χ4n) is 2.96. The normalized spacial score (nSPS) is 24.8. The van der Waals surface area contributed by atoms with Crippen LogP contribution in [0.1, 0.15) is 12.5 Å². The van der Waals surface area contributed by atoms with E-state index in [9.17, 15) is 14.7 Å². The predicted octanol–water partition coefficient (Wildman–Crippen LogP) is 2.06. The van der Waals surface area contributed by atoms with Crippen LogP contribution < -0.4 is 4.90 Å². The molecule has 1 fully saturated rings. The third kappa shape index (κ3) is 2.60. The van der Waals surface area contributed by atoms with E-state index in [4.69, 9.17) is 0 Å². The molecule has 112 valence electrons. The van der Waals surface area contributed by atoms with Crippen LogP contribution in [0.25, 0.3) is 0 Å². The average Bonchev–Trinajstić information content (AvgIpc) is 2.86. The molecule has 21 heavy (non-hydrogen) atoms. The number of carbonyl (C=O) groups excluding carboxylic acids is 1. The summed E-state index contributed by atoms with van der Waals surface area (Å²) < 4.78 is 0. The van der Waals surface area contributed by atoms with Gasteiger partial charge >= 0.3 is 12.0 Å². The zero-order chi connectivity index (χ0) is 15.0. The quantitative estimate of drug-likeness (QED) is 0.863. The third-order valence-electron chi connectivity index (χ3n) is 3.98. The van der Waals surface area contributed by atoms with Crippen molar-refractivity contribution >= 4 is 29.4 Å². The Morgan fingerprint density at radius 1 is 1.33 bits per heavy atom. The van der Waals surface area contributed by atoms with Gasteiger partial charge in [-0.05, 0) is 11.6 Å². The Bertz CT molecular complexity index is 578. The minimum atomic E-state index is -0.945. The predicted molar refractivity (Wildman–Crippen MR) is 82.9 cm³/mol. The van der Waals surface area contributed by atoms with E-state index >= 15 is 0 Å². The first kappa shape index (κ1) is 14.3. The molecule has 3 rings (SSSR count). The summed E-state index contributed by atoms with van der Waals surface area (Å²) in [7, 11) is 0. The van der Waals surface area contributed by atoms with Crippen LogP contribution in [0.15, 0.2) is 24.3 Å². The molecule has 1 N–H and O–H groups in total. The van der Waals surface area contributed by atoms with E-state index in [2.05, 4.69) is 6.92 Å². The molecule has 0 saturated carbocycles. The molecule has 0 aromatic heterocycles. The molecule has 2 amide bonds. The second-order valence-corrected chi connectivity index (χ2v) is 7.01. The summed E-state index contributed by atoms with van der Waals surface area (Å²) in [6.07, 6.45) is 0.384. The summed E-state index contributed by atoms with van der Waals surface area (Å²) in [4.78, 5) is 27.6. The van der Waals surface area contributed by atoms with Crippen molar-refractivity contribution in [1.82, 2.24) is 4.90 Å². The van der Waals surface area contributed by atoms with Gasteiger partial charge in [0.2, 0.25) is 0 Å². The van der Waals surface area contributed by atoms with Gasteiger partial charge < -0.3 is 10.0 Å². The summed E-state index contributed by atoms with van der Waals surface area (Å²) in [5.74, 6) is -0.0425. The molecule has 1 unspecified atom stereocenters. The van der Waals surface area contributed by atoms with Gasteiger partial charge in [-0.3, -0.25) is 4.90 Å². The number of carboxylic acids is 1. The highest BCUT2D eigenvalue weighted by Gasteiger charge is 2.40. The number of carbonyl (C=O) groups is 2. The van der Waals surface area contributed by atoms with Gasteiger partial charge in [0.15, 0.2) is 0 Å². The maximum absolute atomic E-state index is 12.8. The summed E-state index contributed by atoms with van der Waals surface area (Å²) in [6.45, 7) is 3.45. The molecule has 1 aromatic rings. The molecule has 0 bridgehead atoms. The Morgan fingerprint density at radius 2 is 2.10 bits per heavy atom. The van der Waals surface area contributed by atoms with Gasteiger partial charge in [-0.2, -0.15) is 11.8 Å². The van der Waals surface area contributed by atoms with Gasteiger partial charge in [0.05, 0.1) is 0 Å². The van der Waals surface area contributed by atoms with E-state index in [0.717, 1.165) is 17.0 Å². The maximum atomic E-state index is 12.8. The first-order chi connectivity index (χ1) is 10.1. The van der Waals surface area contributed by atoms with Crippen molar-refractivity contribution in [2.75, 3.05) is 23.7 Å². The molecule has 1 aromatic carbocycles. The van der Waals surface area contributed by atoms with Crippen molar-refractivity contribution in [3.05, 3.63) is 29.8 Å². The Labute approximate surface area is 127 Å². The number of hydrogen-bond acceptors (Lipinski definition) is 3. The number of benzene rings is 1. The van der Waals surface area contributed by atoms with Gasteiger partial charge in [-0.25, -0.2) is 9.59 Å². The summed E-state index contributed by atoms with van der Waals surface area (Å²) >= 11 is 1.85. The van der Waals surface area contributed by atoms with Gasteiger partial charge in [-0.1, -0.05) is 25.1 Å². The van der Waals surface area contributed by atoms with Crippen LogP contribution >= 0.6 is 11.8 Å². The summed E-state index contributed by atoms with van der Waals surface area (Å²) in [6, 6.07) is 6.48. The average molecular weight is 306 g/mol. The van der Waals surface area contributed by atoms with E-state index in [1.54, 1.807) is 4.90 Å². The number of rotatable bonds is 1. The molecule has 2 heterocycles. The fraction of sp³-hybridized carbons (Fsp3) is 0.467. The minimum absolute atomic E-state index is 0.181. The van der Waals surface area contributed by atoms with Crippen molar-refractivity contribution in [3.8, 4) is 0 Å². The van der Waals surface area contributed by atoms with Crippen molar-refractivity contribution in [2.24, 2.45) is 0 Å². The number of aliphatic carboxylic acids is 1. The van der Waals surface area contributed by atoms with Crippen LogP contribution in [0, 0.1) is 0 Å². The van der Waals surface area contributed by atoms with Crippen LogP contribution in [0.3, 0.4) is 0 Å². The molecule has 5 nitrogen and oxygen atoms in total. The second-order valence-electron chi connectivity index (χ2n) is 5.47. The Morgan fingerprint density at radius 3 is 2.81 bits per heavy atom. The molecule has 0 radical (unpaired) electrons. The number of anilines is 1. The Balaban J connectivity index is 1.90. The number of carboxylic acid groups (broad SMARTS) is 1. The molecule has 0 spiro atoms. The van der Waals surface area contributed by atoms with Crippen LogP contribution in [-0.4, -0.2) is 52.1 Å². The van der Waals surface area contributed by atoms with Crippen molar-refractivity contribution in [3.63, 3.8) is 0 Å². The molecule has 2 aliphatic heterocycles. The lowest BCUT2D eigenvalue weighted by molar-refractivity contribution is -0.138. The SMILES string of the molecule is CC1CN(C(=O)N2c3ccccc3C[C@H]2C(=O)O)CCS1. The molecular formula is C15H18N2O3S. The first-order valence-electron chi connectivity index (χ1n) is 7.08. The monoisotopic (exact) mass is 306 g/mol. The van der Waals surface area contributed by atoms with E-state index in [1.165, 1.54) is 4.90 Å². The van der Waals surface area contributed by atoms with Gasteiger partial charge in [-0.15, -0.1) is 0 Å². The van der Waals surface area contributed by atoms with Crippen LogP contribution in [0.2, 0.25) is 0 Å². The highest BCUT2D eigenvalue weighted by Crippen LogP contribution is 2.33. The number of fused-ring (bicyclic) bond motifs is 1. The van der Waals surface area contributed by atoms with Crippen molar-refractivity contribution in [2.45, 2.75) is 24.6 Å². The Kier molecular flexibility index (Phi) is 3.80. The molecular weight excluding hydrogens is 288 g/mol. The fourth-order valence-corrected chi connectivity index (χ4v) is 3.98. The first-order valence-corrected chi connectivity index (χ1v) is 8.13. The van der Waals surface area contributed by atoms with E-state index in [-0.39, 0.29) is 6.03 Å². The number of nitrogens with zero attached hydrogens (tertiary/aromatic N) is 2. The van der Waals surface area contributed by atoms with Crippen molar-refractivity contribution in [1.29, 1.82) is 0 Å². The minimum Gasteiger partial charge on any atom is -0.480 e. The molecule has 6 heteroatoms. The number of thioether (sulfide) groups is 1. The topological polar surface area (TPSA) is 60.9 Å². The van der Waals surface area contributed by atoms with Gasteiger partial charge in [0, 0.05) is 36.2 Å². The van der Waals surface area contributed by atoms with E-state index in [1.807, 2.05) is 36.0 Å². The van der Waals surface area contributed by atoms with E-state index in [0.29, 0.717) is 24.8 Å². The summed E-state index contributed by atoms with van der Waals surface area (Å²) in [5.41, 5.74) is 1.67. The maximum Gasteiger partial charge on any atom is 0.327 e. The number of para-hydroxylation sites is 1. The smallest absolute Gasteiger partial charge is 0.327 e. The standard InChI is InChI=1S/C15H18N2O3S/c1-10-9-16(6-7-21-10)15(20)17-12-5-3-2-4-11(12)8-13(17)14(18)19/h2-5,10,13H,6-9H2,1H3,(H,18,19)/t10?,13-/m0/s1. The lowest BCUT2D eigenvalue weighted by atomic mass is 10.1. The molecule has 2 atom stereocenters. The lowest BCUT2D eigenvalue weighted by Crippen LogP contribution is -2.52. The third-order valence-corrected chi connectivity index (χ3v) is 5.12. The lowest BCUT2D eigenvalue weighted by Gasteiger charge is -2.35. The zero-order valence-electron chi connectivity index (χ0n) is 11.9. The second kappa shape index (κ2) is 5.60. The van der Waals surface area contributed by atoms with Crippen LogP contribution in [0.5, 0.6) is 0 Å². The zero-order valence-corrected chi connectivity index (χ0v) is 12.7. The number of urea groups is 1. The van der Waals surface area contributed by atoms with Gasteiger partial charge in [0.25, 0.3) is 0 Å². The Hall–Kier alpha value is -1.69. The largest absolute Gasteiger partial charge is 0.480 e. The summed E-state index contributed by atoms with van der Waals surface area (Å²) in [5, 5.41) is 9.83. The van der Waals surface area contributed by atoms with E-state index < -0.39 is 12.0 Å². The highest BCUT2D eigenvalue weighted by molar-refractivity contribution is 7.99. The molecule has 0 aliphatic carbocycles. The van der Waals surface area contributed by atoms with Crippen LogP contribution in [-0.2, 0) is 11.2 Å². The molecule has 1 saturated heterocycles. The van der Waals surface area contributed by atoms with Crippen molar-refractivity contribution < 1.29 is 14.7 Å². The number of hydrogen-bond donors (Lipinski definition) is 1. The van der Waals surface area contributed by atoms with Crippen LogP contribution in [0.4, 0.5) is 10.5 Å². The van der Waals surface area contributed by atoms with Gasteiger partial charge in [0.1, 0.15) is 6.04 Å².